The highest BCUT2D eigenvalue weighted by atomic mass is 19.1. The smallest absolute Gasteiger partial charge is 0.262 e. The maximum atomic E-state index is 13.1. The van der Waals surface area contributed by atoms with Crippen LogP contribution in [0.4, 0.5) is 15.8 Å². The van der Waals surface area contributed by atoms with Gasteiger partial charge in [-0.2, -0.15) is 0 Å². The topological polar surface area (TPSA) is 46.0 Å². The first-order valence-electron chi connectivity index (χ1n) is 8.45. The lowest BCUT2D eigenvalue weighted by atomic mass is 10.2. The zero-order valence-electron chi connectivity index (χ0n) is 14.3. The number of anilines is 2. The summed E-state index contributed by atoms with van der Waals surface area (Å²) in [4.78, 5) is 16.0. The molecule has 25 heavy (non-hydrogen) atoms. The molecular weight excluding hydrogens is 321 g/mol. The van der Waals surface area contributed by atoms with Crippen molar-refractivity contribution in [3.05, 3.63) is 54.3 Å². The van der Waals surface area contributed by atoms with Gasteiger partial charge in [-0.1, -0.05) is 18.2 Å². The second-order valence-corrected chi connectivity index (χ2v) is 6.26. The van der Waals surface area contributed by atoms with Crippen LogP contribution in [-0.4, -0.2) is 45.7 Å². The highest BCUT2D eigenvalue weighted by Crippen LogP contribution is 2.25. The lowest BCUT2D eigenvalue weighted by Crippen LogP contribution is -3.12. The van der Waals surface area contributed by atoms with Crippen molar-refractivity contribution >= 4 is 17.3 Å². The van der Waals surface area contributed by atoms with Crippen LogP contribution in [0.15, 0.2) is 48.5 Å². The Labute approximate surface area is 147 Å². The van der Waals surface area contributed by atoms with E-state index in [1.165, 1.54) is 17.0 Å². The molecule has 1 heterocycles. The molecule has 1 aliphatic rings. The van der Waals surface area contributed by atoms with Crippen LogP contribution >= 0.6 is 0 Å². The highest BCUT2D eigenvalue weighted by molar-refractivity contribution is 5.95. The first kappa shape index (κ1) is 17.2. The largest absolute Gasteiger partial charge is 0.484 e. The van der Waals surface area contributed by atoms with Gasteiger partial charge in [0.15, 0.2) is 6.61 Å². The van der Waals surface area contributed by atoms with Crippen LogP contribution in [-0.2, 0) is 4.79 Å². The van der Waals surface area contributed by atoms with Crippen LogP contribution in [0.5, 0.6) is 5.75 Å². The molecule has 0 aromatic heterocycles. The SMILES string of the molecule is C[NH+]1CCN(c2ccccc2NC(=O)COc2cccc(F)c2)CC1. The molecule has 0 radical (unpaired) electrons. The van der Waals surface area contributed by atoms with Gasteiger partial charge < -0.3 is 19.9 Å². The zero-order valence-corrected chi connectivity index (χ0v) is 14.3. The number of nitrogens with zero attached hydrogens (tertiary/aromatic N) is 1. The number of ether oxygens (including phenoxy) is 1. The molecule has 3 rings (SSSR count). The Kier molecular flexibility index (Phi) is 5.50. The molecule has 1 saturated heterocycles. The maximum absolute atomic E-state index is 13.1. The van der Waals surface area contributed by atoms with Gasteiger partial charge in [0.1, 0.15) is 11.6 Å². The van der Waals surface area contributed by atoms with Crippen molar-refractivity contribution in [2.24, 2.45) is 0 Å². The van der Waals surface area contributed by atoms with Crippen LogP contribution in [0.2, 0.25) is 0 Å². The van der Waals surface area contributed by atoms with Crippen LogP contribution in [0, 0.1) is 5.82 Å². The minimum Gasteiger partial charge on any atom is -0.484 e. The van der Waals surface area contributed by atoms with Crippen LogP contribution in [0.3, 0.4) is 0 Å². The number of hydrogen-bond donors (Lipinski definition) is 2. The lowest BCUT2D eigenvalue weighted by Gasteiger charge is -2.33. The highest BCUT2D eigenvalue weighted by Gasteiger charge is 2.19. The van der Waals surface area contributed by atoms with Crippen molar-refractivity contribution in [2.45, 2.75) is 0 Å². The average Bonchev–Trinajstić information content (AvgIpc) is 2.61. The van der Waals surface area contributed by atoms with Crippen molar-refractivity contribution in [1.82, 2.24) is 0 Å². The van der Waals surface area contributed by atoms with Crippen molar-refractivity contribution in [1.29, 1.82) is 0 Å². The molecule has 2 aromatic rings. The molecule has 0 saturated carbocycles. The molecule has 1 aliphatic heterocycles. The maximum Gasteiger partial charge on any atom is 0.262 e. The number of halogens is 1. The number of carbonyl (C=O) groups is 1. The first-order valence-corrected chi connectivity index (χ1v) is 8.45. The summed E-state index contributed by atoms with van der Waals surface area (Å²) in [6, 6.07) is 13.5. The monoisotopic (exact) mass is 344 g/mol. The van der Waals surface area contributed by atoms with Gasteiger partial charge in [0, 0.05) is 6.07 Å². The van der Waals surface area contributed by atoms with Gasteiger partial charge in [-0.25, -0.2) is 4.39 Å². The summed E-state index contributed by atoms with van der Waals surface area (Å²) >= 11 is 0. The normalized spacial score (nSPS) is 15.0. The third-order valence-corrected chi connectivity index (χ3v) is 4.30. The van der Waals surface area contributed by atoms with Gasteiger partial charge in [0.25, 0.3) is 5.91 Å². The number of carbonyl (C=O) groups excluding carboxylic acids is 1. The predicted molar refractivity (Wildman–Crippen MR) is 95.8 cm³/mol. The van der Waals surface area contributed by atoms with Gasteiger partial charge in [-0.15, -0.1) is 0 Å². The first-order chi connectivity index (χ1) is 12.1. The molecule has 0 spiro atoms. The number of nitrogens with one attached hydrogen (secondary N) is 2. The summed E-state index contributed by atoms with van der Waals surface area (Å²) < 4.78 is 18.5. The van der Waals surface area contributed by atoms with E-state index in [0.717, 1.165) is 37.6 Å². The van der Waals surface area contributed by atoms with Crippen LogP contribution < -0.4 is 19.9 Å². The minimum absolute atomic E-state index is 0.162. The summed E-state index contributed by atoms with van der Waals surface area (Å²) in [6.45, 7) is 3.90. The number of benzene rings is 2. The standard InChI is InChI=1S/C19H22FN3O2/c1-22-9-11-23(12-10-22)18-8-3-2-7-17(18)21-19(24)14-25-16-6-4-5-15(20)13-16/h2-8,13H,9-12,14H2,1H3,(H,21,24)/p+1. The number of para-hydroxylation sites is 2. The Balaban J connectivity index is 1.61. The molecule has 5 nitrogen and oxygen atoms in total. The average molecular weight is 344 g/mol. The van der Waals surface area contributed by atoms with Crippen molar-refractivity contribution in [3.8, 4) is 5.75 Å². The van der Waals surface area contributed by atoms with E-state index in [2.05, 4.69) is 17.3 Å². The van der Waals surface area contributed by atoms with Gasteiger partial charge in [-0.05, 0) is 24.3 Å². The van der Waals surface area contributed by atoms with Gasteiger partial charge in [0.05, 0.1) is 44.6 Å². The minimum atomic E-state index is -0.388. The Bertz CT molecular complexity index is 730. The van der Waals surface area contributed by atoms with E-state index in [-0.39, 0.29) is 18.3 Å². The van der Waals surface area contributed by atoms with Gasteiger partial charge >= 0.3 is 0 Å². The Morgan fingerprint density at radius 3 is 2.72 bits per heavy atom. The van der Waals surface area contributed by atoms with E-state index >= 15 is 0 Å². The summed E-state index contributed by atoms with van der Waals surface area (Å²) in [7, 11) is 2.19. The van der Waals surface area contributed by atoms with Gasteiger partial charge in [-0.3, -0.25) is 4.79 Å². The predicted octanol–water partition coefficient (Wildman–Crippen LogP) is 1.18. The third kappa shape index (κ3) is 4.70. The fourth-order valence-electron chi connectivity index (χ4n) is 2.88. The van der Waals surface area contributed by atoms with E-state index in [9.17, 15) is 9.18 Å². The van der Waals surface area contributed by atoms with Crippen molar-refractivity contribution in [3.63, 3.8) is 0 Å². The molecule has 0 unspecified atom stereocenters. The van der Waals surface area contributed by atoms with Crippen LogP contribution in [0.25, 0.3) is 0 Å². The number of hydrogen-bond acceptors (Lipinski definition) is 3. The molecule has 6 heteroatoms. The molecule has 0 bridgehead atoms. The summed E-state index contributed by atoms with van der Waals surface area (Å²) in [5.74, 6) is -0.317. The van der Waals surface area contributed by atoms with E-state index in [4.69, 9.17) is 4.74 Å². The number of amides is 1. The van der Waals surface area contributed by atoms with Crippen LogP contribution in [0.1, 0.15) is 0 Å². The molecular formula is C19H23FN3O2+. The molecule has 0 aliphatic carbocycles. The summed E-state index contributed by atoms with van der Waals surface area (Å²) in [5, 5.41) is 2.90. The molecule has 132 valence electrons. The fraction of sp³-hybridized carbons (Fsp3) is 0.316. The van der Waals surface area contributed by atoms with E-state index in [1.807, 2.05) is 24.3 Å². The zero-order chi connectivity index (χ0) is 17.6. The fourth-order valence-corrected chi connectivity index (χ4v) is 2.88. The third-order valence-electron chi connectivity index (χ3n) is 4.30. The molecule has 1 amide bonds. The lowest BCUT2D eigenvalue weighted by molar-refractivity contribution is -0.880. The second-order valence-electron chi connectivity index (χ2n) is 6.26. The number of quaternary nitrogens is 1. The second kappa shape index (κ2) is 7.98. The Morgan fingerprint density at radius 2 is 1.96 bits per heavy atom. The summed E-state index contributed by atoms with van der Waals surface area (Å²) in [5.41, 5.74) is 1.80. The Morgan fingerprint density at radius 1 is 1.20 bits per heavy atom. The summed E-state index contributed by atoms with van der Waals surface area (Å²) in [6.07, 6.45) is 0. The van der Waals surface area contributed by atoms with Gasteiger partial charge in [0.2, 0.25) is 0 Å². The quantitative estimate of drug-likeness (QED) is 0.856. The van der Waals surface area contributed by atoms with E-state index < -0.39 is 0 Å². The molecule has 2 aromatic carbocycles. The van der Waals surface area contributed by atoms with E-state index in [1.54, 1.807) is 12.1 Å². The van der Waals surface area contributed by atoms with Crippen molar-refractivity contribution in [2.75, 3.05) is 50.1 Å². The molecule has 0 atom stereocenters. The van der Waals surface area contributed by atoms with E-state index in [0.29, 0.717) is 5.75 Å². The molecule has 1 fully saturated rings. The molecule has 2 N–H and O–H groups in total. The van der Waals surface area contributed by atoms with Crippen molar-refractivity contribution < 1.29 is 18.8 Å². The Hall–Kier alpha value is -2.60. The number of likely N-dealkylation sites (N-methyl/N-ethyl adjacent to an activating group) is 1. The number of rotatable bonds is 5. The number of piperazine rings is 1.